The molecule has 0 aliphatic rings. The summed E-state index contributed by atoms with van der Waals surface area (Å²) in [5.41, 5.74) is 0. The van der Waals surface area contributed by atoms with Crippen LogP contribution in [0.25, 0.3) is 0 Å². The number of rotatable bonds is 33. The van der Waals surface area contributed by atoms with Gasteiger partial charge in [0.05, 0.1) is 6.42 Å². The number of hydrogen-bond acceptors (Lipinski definition) is 8. The van der Waals surface area contributed by atoms with Gasteiger partial charge < -0.3 is 41.2 Å². The normalized spacial score (nSPS) is 12.7. The monoisotopic (exact) mass is 699 g/mol. The van der Waals surface area contributed by atoms with Crippen molar-refractivity contribution in [1.29, 1.82) is 0 Å². The Morgan fingerprint density at radius 2 is 0.816 bits per heavy atom. The van der Waals surface area contributed by atoms with Crippen LogP contribution < -0.4 is 16.0 Å². The summed E-state index contributed by atoms with van der Waals surface area (Å²) < 4.78 is 0. The van der Waals surface area contributed by atoms with Gasteiger partial charge in [-0.25, -0.2) is 9.59 Å². The van der Waals surface area contributed by atoms with E-state index in [-0.39, 0.29) is 51.4 Å². The predicted molar refractivity (Wildman–Crippen MR) is 179 cm³/mol. The summed E-state index contributed by atoms with van der Waals surface area (Å²) >= 11 is 0. The molecule has 15 nitrogen and oxygen atoms in total. The summed E-state index contributed by atoms with van der Waals surface area (Å²) in [5.74, 6) is -6.51. The first-order valence-electron chi connectivity index (χ1n) is 17.6. The molecule has 3 atom stereocenters. The lowest BCUT2D eigenvalue weighted by molar-refractivity contribution is -0.143. The van der Waals surface area contributed by atoms with Crippen LogP contribution in [0, 0.1) is 0 Å². The van der Waals surface area contributed by atoms with Crippen molar-refractivity contribution in [1.82, 2.24) is 16.0 Å². The zero-order valence-corrected chi connectivity index (χ0v) is 28.6. The topological polar surface area (TPSA) is 254 Å². The van der Waals surface area contributed by atoms with Crippen molar-refractivity contribution in [2.45, 2.75) is 166 Å². The van der Waals surface area contributed by atoms with Crippen molar-refractivity contribution in [2.75, 3.05) is 0 Å². The molecule has 0 aromatic carbocycles. The third-order valence-electron chi connectivity index (χ3n) is 8.05. The van der Waals surface area contributed by atoms with Crippen LogP contribution in [0.1, 0.15) is 148 Å². The first-order valence-corrected chi connectivity index (χ1v) is 17.6. The van der Waals surface area contributed by atoms with Gasteiger partial charge >= 0.3 is 23.9 Å². The van der Waals surface area contributed by atoms with Crippen molar-refractivity contribution in [3.8, 4) is 0 Å². The van der Waals surface area contributed by atoms with E-state index in [1.165, 1.54) is 25.7 Å². The zero-order chi connectivity index (χ0) is 36.9. The van der Waals surface area contributed by atoms with Crippen LogP contribution in [0.4, 0.5) is 0 Å². The molecule has 0 heterocycles. The van der Waals surface area contributed by atoms with E-state index in [1.807, 2.05) is 0 Å². The Morgan fingerprint density at radius 3 is 1.18 bits per heavy atom. The number of nitrogens with one attached hydrogen (secondary N) is 3. The van der Waals surface area contributed by atoms with E-state index in [9.17, 15) is 48.6 Å². The molecule has 0 bridgehead atoms. The molecular weight excluding hydrogens is 642 g/mol. The third-order valence-corrected chi connectivity index (χ3v) is 8.05. The van der Waals surface area contributed by atoms with E-state index >= 15 is 0 Å². The van der Waals surface area contributed by atoms with Crippen LogP contribution in [-0.4, -0.2) is 86.4 Å². The molecule has 15 heteroatoms. The number of amides is 3. The zero-order valence-electron chi connectivity index (χ0n) is 28.6. The van der Waals surface area contributed by atoms with Gasteiger partial charge in [-0.2, -0.15) is 0 Å². The van der Waals surface area contributed by atoms with E-state index in [0.29, 0.717) is 12.7 Å². The second-order valence-corrected chi connectivity index (χ2v) is 12.4. The lowest BCUT2D eigenvalue weighted by Gasteiger charge is -2.18. The average molecular weight is 700 g/mol. The maximum atomic E-state index is 12.4. The molecule has 0 spiro atoms. The first kappa shape index (κ1) is 45.0. The molecule has 49 heavy (non-hydrogen) atoms. The van der Waals surface area contributed by atoms with Gasteiger partial charge in [0.15, 0.2) is 0 Å². The number of aldehydes is 1. The summed E-state index contributed by atoms with van der Waals surface area (Å²) in [6.07, 6.45) is 13.9. The van der Waals surface area contributed by atoms with Crippen molar-refractivity contribution < 1.29 is 58.8 Å². The SMILES string of the molecule is O=CCC[C@@H](CC(=O)O)NC(=O)CC[C@H](NC(=O)CC[C@H](NC(=O)CCCCCCCCCCCCCCCCC(=O)O)C(=O)O)C(=O)O. The molecule has 0 aromatic heterocycles. The highest BCUT2D eigenvalue weighted by molar-refractivity contribution is 5.86. The van der Waals surface area contributed by atoms with E-state index < -0.39 is 66.1 Å². The standard InChI is InChI=1S/C34H57N3O12/c38-23-15-16-25(24-32(44)45)35-29(40)21-19-27(34(48)49)37-30(41)22-20-26(33(46)47)36-28(39)17-13-11-9-7-5-3-1-2-4-6-8-10-12-14-18-31(42)43/h23,25-27H,1-22,24H2,(H,35,40)(H,36,39)(H,37,41)(H,42,43)(H,44,45)(H,46,47)(H,48,49)/t25-,26-,27-/m0/s1. The number of carboxylic acid groups (broad SMARTS) is 4. The molecule has 0 aliphatic heterocycles. The average Bonchev–Trinajstić information content (AvgIpc) is 3.02. The molecule has 0 aromatic rings. The Balaban J connectivity index is 4.21. The van der Waals surface area contributed by atoms with Gasteiger partial charge in [-0.3, -0.25) is 24.0 Å². The van der Waals surface area contributed by atoms with Gasteiger partial charge in [0, 0.05) is 38.1 Å². The Hall–Kier alpha value is -4.04. The number of carbonyl (C=O) groups excluding carboxylic acids is 4. The van der Waals surface area contributed by atoms with Gasteiger partial charge in [-0.1, -0.05) is 77.0 Å². The van der Waals surface area contributed by atoms with Crippen LogP contribution in [0.5, 0.6) is 0 Å². The van der Waals surface area contributed by atoms with Gasteiger partial charge in [0.25, 0.3) is 0 Å². The minimum absolute atomic E-state index is 0.0361. The second-order valence-electron chi connectivity index (χ2n) is 12.4. The highest BCUT2D eigenvalue weighted by Gasteiger charge is 2.25. The van der Waals surface area contributed by atoms with Crippen LogP contribution >= 0.6 is 0 Å². The Bertz CT molecular complexity index is 1040. The largest absolute Gasteiger partial charge is 0.481 e. The lowest BCUT2D eigenvalue weighted by Crippen LogP contribution is -2.44. The van der Waals surface area contributed by atoms with E-state index in [0.717, 1.165) is 57.8 Å². The van der Waals surface area contributed by atoms with E-state index in [2.05, 4.69) is 16.0 Å². The number of unbranched alkanes of at least 4 members (excludes halogenated alkanes) is 13. The number of carboxylic acids is 4. The fourth-order valence-electron chi connectivity index (χ4n) is 5.29. The molecule has 0 rings (SSSR count). The minimum Gasteiger partial charge on any atom is -0.481 e. The van der Waals surface area contributed by atoms with Gasteiger partial charge in [0.1, 0.15) is 18.4 Å². The highest BCUT2D eigenvalue weighted by atomic mass is 16.4. The minimum atomic E-state index is -1.46. The maximum absolute atomic E-state index is 12.4. The summed E-state index contributed by atoms with van der Waals surface area (Å²) in [4.78, 5) is 92.2. The Labute approximate surface area is 288 Å². The second kappa shape index (κ2) is 28.9. The van der Waals surface area contributed by atoms with Gasteiger partial charge in [-0.15, -0.1) is 0 Å². The number of aliphatic carboxylic acids is 4. The molecule has 280 valence electrons. The van der Waals surface area contributed by atoms with Gasteiger partial charge in [0.2, 0.25) is 17.7 Å². The van der Waals surface area contributed by atoms with E-state index in [4.69, 9.17) is 10.2 Å². The highest BCUT2D eigenvalue weighted by Crippen LogP contribution is 2.14. The van der Waals surface area contributed by atoms with E-state index in [1.54, 1.807) is 0 Å². The fraction of sp³-hybridized carbons (Fsp3) is 0.765. The summed E-state index contributed by atoms with van der Waals surface area (Å²) in [6, 6.07) is -3.60. The van der Waals surface area contributed by atoms with Crippen LogP contribution in [0.3, 0.4) is 0 Å². The Morgan fingerprint density at radius 1 is 0.449 bits per heavy atom. The molecular formula is C34H57N3O12. The van der Waals surface area contributed by atoms with Crippen molar-refractivity contribution in [2.24, 2.45) is 0 Å². The number of hydrogen-bond donors (Lipinski definition) is 7. The molecule has 0 saturated carbocycles. The lowest BCUT2D eigenvalue weighted by atomic mass is 10.0. The first-order chi connectivity index (χ1) is 23.3. The smallest absolute Gasteiger partial charge is 0.326 e. The predicted octanol–water partition coefficient (Wildman–Crippen LogP) is 3.95. The molecule has 0 fully saturated rings. The summed E-state index contributed by atoms with van der Waals surface area (Å²) in [5, 5.41) is 43.6. The maximum Gasteiger partial charge on any atom is 0.326 e. The van der Waals surface area contributed by atoms with Crippen molar-refractivity contribution in [3.63, 3.8) is 0 Å². The molecule has 0 aliphatic carbocycles. The molecule has 0 unspecified atom stereocenters. The molecule has 3 amide bonds. The Kier molecular flexibility index (Phi) is 26.5. The fourth-order valence-corrected chi connectivity index (χ4v) is 5.29. The molecule has 7 N–H and O–H groups in total. The van der Waals surface area contributed by atoms with Crippen LogP contribution in [0.15, 0.2) is 0 Å². The summed E-state index contributed by atoms with van der Waals surface area (Å²) in [7, 11) is 0. The van der Waals surface area contributed by atoms with Crippen molar-refractivity contribution in [3.05, 3.63) is 0 Å². The van der Waals surface area contributed by atoms with Crippen LogP contribution in [-0.2, 0) is 38.4 Å². The summed E-state index contributed by atoms with van der Waals surface area (Å²) in [6.45, 7) is 0. The third kappa shape index (κ3) is 27.6. The van der Waals surface area contributed by atoms with Gasteiger partial charge in [-0.05, 0) is 32.1 Å². The molecule has 0 radical (unpaired) electrons. The number of carbonyl (C=O) groups is 8. The quantitative estimate of drug-likeness (QED) is 0.0380. The molecule has 0 saturated heterocycles. The van der Waals surface area contributed by atoms with Crippen LogP contribution in [0.2, 0.25) is 0 Å². The van der Waals surface area contributed by atoms with Crippen molar-refractivity contribution >= 4 is 47.9 Å².